The highest BCUT2D eigenvalue weighted by atomic mass is 31.2. The van der Waals surface area contributed by atoms with Crippen LogP contribution in [0.1, 0.15) is 22.3 Å². The predicted octanol–water partition coefficient (Wildman–Crippen LogP) is 7.46. The summed E-state index contributed by atoms with van der Waals surface area (Å²) >= 11 is 0. The number of fused-ring (bicyclic) bond motifs is 10. The van der Waals surface area contributed by atoms with E-state index in [9.17, 15) is 4.57 Å². The summed E-state index contributed by atoms with van der Waals surface area (Å²) in [4.78, 5) is 0. The van der Waals surface area contributed by atoms with Crippen LogP contribution < -0.4 is 15.3 Å². The van der Waals surface area contributed by atoms with Crippen LogP contribution >= 0.6 is 7.14 Å². The van der Waals surface area contributed by atoms with Gasteiger partial charge in [-0.15, -0.1) is 0 Å². The third kappa shape index (κ3) is 2.71. The molecular weight excluding hydrogens is 459 g/mol. The molecule has 0 bridgehead atoms. The van der Waals surface area contributed by atoms with Gasteiger partial charge in [0.05, 0.1) is 0 Å². The Labute approximate surface area is 210 Å². The number of ether oxygens (including phenoxy) is 1. The Morgan fingerprint density at radius 1 is 0.694 bits per heavy atom. The van der Waals surface area contributed by atoms with Crippen molar-refractivity contribution in [3.8, 4) is 28.0 Å². The highest BCUT2D eigenvalue weighted by Crippen LogP contribution is 2.55. The van der Waals surface area contributed by atoms with Crippen LogP contribution in [0.2, 0.25) is 0 Å². The van der Waals surface area contributed by atoms with E-state index in [1.54, 1.807) is 0 Å². The topological polar surface area (TPSA) is 26.3 Å². The standard InChI is InChI=1S/C33H23O2P/c34-36(26-7-2-1-3-8-26)17-16-24-18-29-28(19-30(24)36)32-25(20-35-29)15-14-23-13-12-22-11-10-21-6-4-5-9-27(21)31(22)33(23)32/h1-11,14-19H,12-13,20H2/t36-/m0/s1. The fraction of sp³-hybridized carbons (Fsp3) is 0.0909. The van der Waals surface area contributed by atoms with Crippen LogP contribution in [-0.4, -0.2) is 0 Å². The first-order chi connectivity index (χ1) is 17.7. The van der Waals surface area contributed by atoms with Crippen molar-refractivity contribution in [3.05, 3.63) is 119 Å². The lowest BCUT2D eigenvalue weighted by molar-refractivity contribution is 0.302. The predicted molar refractivity (Wildman–Crippen MR) is 149 cm³/mol. The van der Waals surface area contributed by atoms with Gasteiger partial charge >= 0.3 is 0 Å². The van der Waals surface area contributed by atoms with Crippen LogP contribution in [0.4, 0.5) is 0 Å². The van der Waals surface area contributed by atoms with Gasteiger partial charge in [-0.1, -0.05) is 78.9 Å². The summed E-state index contributed by atoms with van der Waals surface area (Å²) in [6, 6.07) is 31.9. The lowest BCUT2D eigenvalue weighted by Gasteiger charge is -2.30. The van der Waals surface area contributed by atoms with E-state index in [1.165, 1.54) is 44.2 Å². The first-order valence-electron chi connectivity index (χ1n) is 12.5. The minimum Gasteiger partial charge on any atom is -0.488 e. The Bertz CT molecular complexity index is 1810. The maximum absolute atomic E-state index is 14.4. The SMILES string of the molecule is O=[P@]1(c2ccccc2)C=Cc2cc3c(cc21)-c1c(ccc2c1-c1c(ccc4ccccc14)CC2)CO3. The molecule has 36 heavy (non-hydrogen) atoms. The molecule has 0 saturated carbocycles. The van der Waals surface area contributed by atoms with Gasteiger partial charge < -0.3 is 9.30 Å². The highest BCUT2D eigenvalue weighted by molar-refractivity contribution is 7.82. The van der Waals surface area contributed by atoms with E-state index in [0.29, 0.717) is 6.61 Å². The monoisotopic (exact) mass is 482 g/mol. The number of aryl methyl sites for hydroxylation is 2. The number of benzene rings is 5. The molecule has 3 heteroatoms. The first-order valence-corrected chi connectivity index (χ1v) is 14.3. The minimum absolute atomic E-state index is 0.550. The average Bonchev–Trinajstić information content (AvgIpc) is 3.28. The average molecular weight is 483 g/mol. The zero-order valence-electron chi connectivity index (χ0n) is 19.7. The summed E-state index contributed by atoms with van der Waals surface area (Å²) < 4.78 is 20.7. The van der Waals surface area contributed by atoms with E-state index >= 15 is 0 Å². The molecule has 0 radical (unpaired) electrons. The normalized spacial score (nSPS) is 18.6. The Morgan fingerprint density at radius 3 is 2.33 bits per heavy atom. The molecule has 3 aliphatic rings. The highest BCUT2D eigenvalue weighted by Gasteiger charge is 2.35. The van der Waals surface area contributed by atoms with Crippen molar-refractivity contribution < 1.29 is 9.30 Å². The molecule has 0 unspecified atom stereocenters. The lowest BCUT2D eigenvalue weighted by atomic mass is 9.77. The fourth-order valence-corrected chi connectivity index (χ4v) is 8.76. The lowest BCUT2D eigenvalue weighted by Crippen LogP contribution is -2.17. The molecule has 0 saturated heterocycles. The van der Waals surface area contributed by atoms with Gasteiger partial charge in [0, 0.05) is 21.7 Å². The van der Waals surface area contributed by atoms with Crippen molar-refractivity contribution in [1.29, 1.82) is 0 Å². The van der Waals surface area contributed by atoms with Crippen LogP contribution in [0.3, 0.4) is 0 Å². The zero-order valence-corrected chi connectivity index (χ0v) is 20.6. The molecule has 2 nitrogen and oxygen atoms in total. The number of hydrogen-bond acceptors (Lipinski definition) is 2. The first kappa shape index (κ1) is 20.3. The van der Waals surface area contributed by atoms with Crippen molar-refractivity contribution >= 4 is 34.6 Å². The van der Waals surface area contributed by atoms with E-state index in [-0.39, 0.29) is 0 Å². The molecular formula is C33H23O2P. The van der Waals surface area contributed by atoms with Gasteiger partial charge in [0.25, 0.3) is 0 Å². The summed E-state index contributed by atoms with van der Waals surface area (Å²) in [6.07, 6.45) is 4.08. The molecule has 2 heterocycles. The van der Waals surface area contributed by atoms with E-state index in [4.69, 9.17) is 4.74 Å². The molecule has 1 aliphatic carbocycles. The van der Waals surface area contributed by atoms with Gasteiger partial charge in [0.2, 0.25) is 0 Å². The summed E-state index contributed by atoms with van der Waals surface area (Å²) in [5.74, 6) is 2.79. The summed E-state index contributed by atoms with van der Waals surface area (Å²) in [5, 5.41) is 4.36. The van der Waals surface area contributed by atoms with Gasteiger partial charge in [0.15, 0.2) is 7.14 Å². The molecule has 0 aromatic heterocycles. The van der Waals surface area contributed by atoms with Crippen molar-refractivity contribution in [2.24, 2.45) is 0 Å². The quantitative estimate of drug-likeness (QED) is 0.232. The maximum Gasteiger partial charge on any atom is 0.164 e. The molecule has 1 atom stereocenters. The van der Waals surface area contributed by atoms with Gasteiger partial charge in [-0.3, -0.25) is 0 Å². The van der Waals surface area contributed by atoms with Crippen LogP contribution in [0.25, 0.3) is 39.1 Å². The second-order valence-corrected chi connectivity index (χ2v) is 12.6. The Kier molecular flexibility index (Phi) is 4.14. The fourth-order valence-electron chi connectivity index (χ4n) is 6.32. The van der Waals surface area contributed by atoms with E-state index < -0.39 is 7.14 Å². The Morgan fingerprint density at radius 2 is 1.44 bits per heavy atom. The molecule has 8 rings (SSSR count). The smallest absolute Gasteiger partial charge is 0.164 e. The molecule has 5 aromatic rings. The Hall–Kier alpha value is -3.87. The summed E-state index contributed by atoms with van der Waals surface area (Å²) in [7, 11) is -2.84. The molecule has 2 aliphatic heterocycles. The van der Waals surface area contributed by atoms with Gasteiger partial charge in [-0.25, -0.2) is 0 Å². The second kappa shape index (κ2) is 7.32. The minimum atomic E-state index is -2.84. The van der Waals surface area contributed by atoms with Gasteiger partial charge in [0.1, 0.15) is 12.4 Å². The van der Waals surface area contributed by atoms with Gasteiger partial charge in [-0.05, 0) is 81.0 Å². The van der Waals surface area contributed by atoms with Gasteiger partial charge in [-0.2, -0.15) is 0 Å². The molecule has 0 spiro atoms. The third-order valence-electron chi connectivity index (χ3n) is 8.05. The van der Waals surface area contributed by atoms with Crippen LogP contribution in [0.5, 0.6) is 5.75 Å². The van der Waals surface area contributed by atoms with Crippen molar-refractivity contribution in [3.63, 3.8) is 0 Å². The molecule has 0 fully saturated rings. The Balaban J connectivity index is 1.43. The second-order valence-electron chi connectivity index (χ2n) is 9.96. The molecule has 0 N–H and O–H groups in total. The summed E-state index contributed by atoms with van der Waals surface area (Å²) in [5.41, 5.74) is 9.98. The van der Waals surface area contributed by atoms with E-state index in [2.05, 4.69) is 60.7 Å². The van der Waals surface area contributed by atoms with Crippen LogP contribution in [0.15, 0.2) is 96.8 Å². The van der Waals surface area contributed by atoms with E-state index in [1.807, 2.05) is 42.2 Å². The third-order valence-corrected chi connectivity index (χ3v) is 10.8. The van der Waals surface area contributed by atoms with Crippen molar-refractivity contribution in [2.45, 2.75) is 19.4 Å². The number of hydrogen-bond donors (Lipinski definition) is 0. The van der Waals surface area contributed by atoms with Crippen molar-refractivity contribution in [1.82, 2.24) is 0 Å². The van der Waals surface area contributed by atoms with Crippen LogP contribution in [-0.2, 0) is 24.0 Å². The molecule has 0 amide bonds. The number of rotatable bonds is 1. The largest absolute Gasteiger partial charge is 0.488 e. The van der Waals surface area contributed by atoms with E-state index in [0.717, 1.165) is 40.3 Å². The summed E-state index contributed by atoms with van der Waals surface area (Å²) in [6.45, 7) is 0.550. The zero-order chi connectivity index (χ0) is 23.9. The molecule has 5 aromatic carbocycles. The van der Waals surface area contributed by atoms with Crippen molar-refractivity contribution in [2.75, 3.05) is 0 Å². The maximum atomic E-state index is 14.4. The van der Waals surface area contributed by atoms with Crippen LogP contribution in [0, 0.1) is 0 Å². The molecule has 172 valence electrons.